The summed E-state index contributed by atoms with van der Waals surface area (Å²) in [5.74, 6) is 0.419. The highest BCUT2D eigenvalue weighted by Gasteiger charge is 2.04. The van der Waals surface area contributed by atoms with Crippen LogP contribution in [0.5, 0.6) is 0 Å². The van der Waals surface area contributed by atoms with Crippen LogP contribution in [-0.4, -0.2) is 0 Å². The second-order valence-electron chi connectivity index (χ2n) is 3.12. The average molecular weight is 181 g/mol. The molecular weight excluding hydrogens is 168 g/mol. The molecule has 1 unspecified atom stereocenters. The van der Waals surface area contributed by atoms with Gasteiger partial charge in [0.15, 0.2) is 0 Å². The third-order valence-corrected chi connectivity index (χ3v) is 2.36. The van der Waals surface area contributed by atoms with Crippen molar-refractivity contribution in [1.82, 2.24) is 0 Å². The maximum absolute atomic E-state index is 5.77. The molecule has 1 aromatic carbocycles. The molecule has 64 valence electrons. The normalized spacial score (nSPS) is 12.6. The predicted octanol–water partition coefficient (Wildman–Crippen LogP) is 4.02. The molecule has 0 N–H and O–H groups in total. The molecule has 12 heavy (non-hydrogen) atoms. The van der Waals surface area contributed by atoms with Gasteiger partial charge in [0.05, 0.1) is 0 Å². The topological polar surface area (TPSA) is 0 Å². The smallest absolute Gasteiger partial charge is 0.0406 e. The molecule has 0 aromatic heterocycles. The van der Waals surface area contributed by atoms with E-state index >= 15 is 0 Å². The zero-order valence-electron chi connectivity index (χ0n) is 7.47. The number of rotatable bonds is 2. The highest BCUT2D eigenvalue weighted by atomic mass is 35.5. The van der Waals surface area contributed by atoms with Crippen LogP contribution in [0.4, 0.5) is 0 Å². The quantitative estimate of drug-likeness (QED) is 0.604. The maximum atomic E-state index is 5.77. The molecular formula is C11H13Cl. The summed E-state index contributed by atoms with van der Waals surface area (Å²) in [6.45, 7) is 8.11. The molecule has 0 spiro atoms. The lowest BCUT2D eigenvalue weighted by Gasteiger charge is -2.10. The van der Waals surface area contributed by atoms with E-state index < -0.39 is 0 Å². The Hall–Kier alpha value is -0.750. The molecule has 0 heterocycles. The van der Waals surface area contributed by atoms with Gasteiger partial charge in [0.1, 0.15) is 0 Å². The van der Waals surface area contributed by atoms with Crippen LogP contribution in [0.25, 0.3) is 0 Å². The lowest BCUT2D eigenvalue weighted by Crippen LogP contribution is -1.92. The summed E-state index contributed by atoms with van der Waals surface area (Å²) in [4.78, 5) is 0. The van der Waals surface area contributed by atoms with Crippen molar-refractivity contribution >= 4 is 11.6 Å². The second-order valence-corrected chi connectivity index (χ2v) is 3.56. The van der Waals surface area contributed by atoms with Crippen molar-refractivity contribution in [2.24, 2.45) is 0 Å². The first-order chi connectivity index (χ1) is 5.61. The second kappa shape index (κ2) is 3.77. The van der Waals surface area contributed by atoms with Crippen molar-refractivity contribution in [1.29, 1.82) is 0 Å². The van der Waals surface area contributed by atoms with Gasteiger partial charge in [-0.3, -0.25) is 0 Å². The number of allylic oxidation sites excluding steroid dienone is 1. The number of benzene rings is 1. The minimum Gasteiger partial charge on any atom is -0.0995 e. The molecule has 1 heteroatoms. The van der Waals surface area contributed by atoms with Crippen molar-refractivity contribution in [3.63, 3.8) is 0 Å². The van der Waals surface area contributed by atoms with E-state index in [1.54, 1.807) is 0 Å². The minimum absolute atomic E-state index is 0.419. The van der Waals surface area contributed by atoms with Crippen LogP contribution in [0.15, 0.2) is 36.4 Å². The minimum atomic E-state index is 0.419. The Morgan fingerprint density at radius 1 is 1.33 bits per heavy atom. The van der Waals surface area contributed by atoms with Gasteiger partial charge in [-0.2, -0.15) is 0 Å². The van der Waals surface area contributed by atoms with E-state index in [1.807, 2.05) is 31.2 Å². The summed E-state index contributed by atoms with van der Waals surface area (Å²) < 4.78 is 0. The molecule has 1 aromatic rings. The highest BCUT2D eigenvalue weighted by molar-refractivity contribution is 6.30. The van der Waals surface area contributed by atoms with Gasteiger partial charge in [-0.15, -0.1) is 0 Å². The Balaban J connectivity index is 2.89. The zero-order chi connectivity index (χ0) is 9.14. The van der Waals surface area contributed by atoms with Crippen LogP contribution >= 0.6 is 11.6 Å². The van der Waals surface area contributed by atoms with Crippen molar-refractivity contribution in [2.45, 2.75) is 19.8 Å². The van der Waals surface area contributed by atoms with Crippen molar-refractivity contribution in [3.8, 4) is 0 Å². The molecule has 0 aliphatic heterocycles. The maximum Gasteiger partial charge on any atom is 0.0406 e. The molecule has 0 saturated heterocycles. The fourth-order valence-electron chi connectivity index (χ4n) is 1.04. The summed E-state index contributed by atoms with van der Waals surface area (Å²) in [5, 5.41) is 0.785. The van der Waals surface area contributed by atoms with Gasteiger partial charge in [0.2, 0.25) is 0 Å². The SMILES string of the molecule is C=C(C)C(C)c1ccc(Cl)cc1. The van der Waals surface area contributed by atoms with Crippen LogP contribution in [-0.2, 0) is 0 Å². The fraction of sp³-hybridized carbons (Fsp3) is 0.273. The number of halogens is 1. The Labute approximate surface area is 78.9 Å². The van der Waals surface area contributed by atoms with Gasteiger partial charge in [0.25, 0.3) is 0 Å². The first kappa shape index (κ1) is 9.34. The zero-order valence-corrected chi connectivity index (χ0v) is 8.23. The monoisotopic (exact) mass is 180 g/mol. The van der Waals surface area contributed by atoms with E-state index in [4.69, 9.17) is 11.6 Å². The summed E-state index contributed by atoms with van der Waals surface area (Å²) in [7, 11) is 0. The van der Waals surface area contributed by atoms with E-state index in [1.165, 1.54) is 11.1 Å². The largest absolute Gasteiger partial charge is 0.0995 e. The Morgan fingerprint density at radius 2 is 1.83 bits per heavy atom. The van der Waals surface area contributed by atoms with E-state index in [9.17, 15) is 0 Å². The Morgan fingerprint density at radius 3 is 2.25 bits per heavy atom. The lowest BCUT2D eigenvalue weighted by atomic mass is 9.95. The van der Waals surface area contributed by atoms with Crippen molar-refractivity contribution in [2.75, 3.05) is 0 Å². The van der Waals surface area contributed by atoms with E-state index in [0.717, 1.165) is 5.02 Å². The molecule has 0 radical (unpaired) electrons. The number of hydrogen-bond acceptors (Lipinski definition) is 0. The van der Waals surface area contributed by atoms with Crippen LogP contribution in [0, 0.1) is 0 Å². The molecule has 0 aliphatic rings. The van der Waals surface area contributed by atoms with Gasteiger partial charge in [-0.05, 0) is 24.6 Å². The molecule has 0 amide bonds. The summed E-state index contributed by atoms with van der Waals surface area (Å²) >= 11 is 5.77. The average Bonchev–Trinajstić information content (AvgIpc) is 2.04. The first-order valence-electron chi connectivity index (χ1n) is 4.02. The van der Waals surface area contributed by atoms with E-state index in [0.29, 0.717) is 5.92 Å². The summed E-state index contributed by atoms with van der Waals surface area (Å²) in [6.07, 6.45) is 0. The van der Waals surface area contributed by atoms with Gasteiger partial charge in [-0.25, -0.2) is 0 Å². The fourth-order valence-corrected chi connectivity index (χ4v) is 1.16. The van der Waals surface area contributed by atoms with E-state index in [2.05, 4.69) is 13.5 Å². The lowest BCUT2D eigenvalue weighted by molar-refractivity contribution is 0.899. The third-order valence-electron chi connectivity index (χ3n) is 2.11. The molecule has 1 atom stereocenters. The summed E-state index contributed by atoms with van der Waals surface area (Å²) in [6, 6.07) is 7.91. The van der Waals surface area contributed by atoms with Gasteiger partial charge in [0, 0.05) is 10.9 Å². The third kappa shape index (κ3) is 2.12. The molecule has 0 fully saturated rings. The van der Waals surface area contributed by atoms with Crippen LogP contribution in [0.1, 0.15) is 25.3 Å². The number of hydrogen-bond donors (Lipinski definition) is 0. The Kier molecular flexibility index (Phi) is 2.93. The highest BCUT2D eigenvalue weighted by Crippen LogP contribution is 2.23. The van der Waals surface area contributed by atoms with Crippen molar-refractivity contribution in [3.05, 3.63) is 47.0 Å². The first-order valence-corrected chi connectivity index (χ1v) is 4.40. The van der Waals surface area contributed by atoms with Gasteiger partial charge in [-0.1, -0.05) is 42.8 Å². The van der Waals surface area contributed by atoms with Crippen LogP contribution in [0.2, 0.25) is 5.02 Å². The van der Waals surface area contributed by atoms with E-state index in [-0.39, 0.29) is 0 Å². The standard InChI is InChI=1S/C11H13Cl/c1-8(2)9(3)10-4-6-11(12)7-5-10/h4-7,9H,1H2,2-3H3. The van der Waals surface area contributed by atoms with Gasteiger partial charge >= 0.3 is 0 Å². The molecule has 0 nitrogen and oxygen atoms in total. The van der Waals surface area contributed by atoms with Crippen LogP contribution < -0.4 is 0 Å². The molecule has 0 saturated carbocycles. The summed E-state index contributed by atoms with van der Waals surface area (Å²) in [5.41, 5.74) is 2.45. The predicted molar refractivity (Wildman–Crippen MR) is 54.7 cm³/mol. The van der Waals surface area contributed by atoms with Gasteiger partial charge < -0.3 is 0 Å². The molecule has 1 rings (SSSR count). The van der Waals surface area contributed by atoms with Crippen molar-refractivity contribution < 1.29 is 0 Å². The molecule has 0 aliphatic carbocycles. The van der Waals surface area contributed by atoms with Crippen LogP contribution in [0.3, 0.4) is 0 Å². The molecule has 0 bridgehead atoms. The Bertz CT molecular complexity index is 272.